The topological polar surface area (TPSA) is 126 Å². The molecule has 8 nitrogen and oxygen atoms in total. The molecular weight excluding hydrogens is 467 g/mol. The minimum absolute atomic E-state index is 0.167. The summed E-state index contributed by atoms with van der Waals surface area (Å²) in [5, 5.41) is 6.61. The zero-order chi connectivity index (χ0) is 24.1. The Morgan fingerprint density at radius 2 is 1.88 bits per heavy atom. The number of H-pyrrole nitrogens is 1. The van der Waals surface area contributed by atoms with Crippen LogP contribution in [0.25, 0.3) is 17.0 Å². The summed E-state index contributed by atoms with van der Waals surface area (Å²) in [5.41, 5.74) is 7.65. The molecule has 1 aromatic heterocycles. The molecule has 0 aliphatic rings. The zero-order valence-electron chi connectivity index (χ0n) is 17.9. The molecule has 0 aliphatic heterocycles. The van der Waals surface area contributed by atoms with E-state index in [1.165, 1.54) is 12.2 Å². The monoisotopic (exact) mass is 488 g/mol. The second-order valence-corrected chi connectivity index (χ2v) is 7.96. The van der Waals surface area contributed by atoms with E-state index in [2.05, 4.69) is 15.6 Å². The Kier molecular flexibility index (Phi) is 7.63. The van der Waals surface area contributed by atoms with Crippen molar-refractivity contribution in [1.82, 2.24) is 10.3 Å². The van der Waals surface area contributed by atoms with Crippen LogP contribution in [0.2, 0.25) is 10.0 Å². The number of ether oxygens (including phenoxy) is 1. The van der Waals surface area contributed by atoms with Gasteiger partial charge in [-0.3, -0.25) is 4.79 Å². The molecule has 2 aromatic carbocycles. The number of nitrogens with one attached hydrogen (secondary N) is 3. The Morgan fingerprint density at radius 1 is 1.18 bits per heavy atom. The fourth-order valence-corrected chi connectivity index (χ4v) is 3.89. The average molecular weight is 489 g/mol. The standard InChI is InChI=1S/C23H22Cl2N4O4/c1-3-33-22(31)21-16(20-17(25)10-14(24)11-18(20)29-21)8-9-19(30)28-15-6-4-13(5-7-15)12(2)27-23(26)32/h4-12,29H,3H2,1-2H3,(H,28,30)(H3,26,27,32)/b9-8+/t12-/m1/s1. The number of anilines is 1. The van der Waals surface area contributed by atoms with Gasteiger partial charge in [0.15, 0.2) is 0 Å². The van der Waals surface area contributed by atoms with Gasteiger partial charge in [-0.2, -0.15) is 0 Å². The Hall–Kier alpha value is -3.49. The third-order valence-corrected chi connectivity index (χ3v) is 5.29. The van der Waals surface area contributed by atoms with Gasteiger partial charge >= 0.3 is 12.0 Å². The van der Waals surface area contributed by atoms with E-state index in [-0.39, 0.29) is 18.3 Å². The number of fused-ring (bicyclic) bond motifs is 1. The number of aromatic amines is 1. The number of benzene rings is 2. The minimum atomic E-state index is -0.619. The fourth-order valence-electron chi connectivity index (χ4n) is 3.30. The molecule has 0 saturated carbocycles. The van der Waals surface area contributed by atoms with Crippen LogP contribution < -0.4 is 16.4 Å². The summed E-state index contributed by atoms with van der Waals surface area (Å²) in [4.78, 5) is 38.9. The van der Waals surface area contributed by atoms with E-state index < -0.39 is 17.9 Å². The smallest absolute Gasteiger partial charge is 0.355 e. The zero-order valence-corrected chi connectivity index (χ0v) is 19.4. The molecule has 0 bridgehead atoms. The van der Waals surface area contributed by atoms with Crippen LogP contribution >= 0.6 is 23.2 Å². The predicted molar refractivity (Wildman–Crippen MR) is 130 cm³/mol. The van der Waals surface area contributed by atoms with Crippen LogP contribution in [0.3, 0.4) is 0 Å². The lowest BCUT2D eigenvalue weighted by molar-refractivity contribution is -0.111. The maximum absolute atomic E-state index is 12.5. The van der Waals surface area contributed by atoms with E-state index in [4.69, 9.17) is 33.7 Å². The van der Waals surface area contributed by atoms with Crippen molar-refractivity contribution in [3.63, 3.8) is 0 Å². The number of primary amides is 1. The summed E-state index contributed by atoms with van der Waals surface area (Å²) in [6.45, 7) is 3.68. The molecule has 3 amide bonds. The molecule has 0 saturated heterocycles. The summed E-state index contributed by atoms with van der Waals surface area (Å²) in [5.74, 6) is -0.990. The van der Waals surface area contributed by atoms with Crippen molar-refractivity contribution in [2.45, 2.75) is 19.9 Å². The predicted octanol–water partition coefficient (Wildman–Crippen LogP) is 5.03. The maximum atomic E-state index is 12.5. The lowest BCUT2D eigenvalue weighted by atomic mass is 10.1. The minimum Gasteiger partial charge on any atom is -0.461 e. The number of nitrogens with two attached hydrogens (primary N) is 1. The first-order valence-corrected chi connectivity index (χ1v) is 10.8. The molecule has 0 unspecified atom stereocenters. The van der Waals surface area contributed by atoms with Crippen LogP contribution in [0.1, 0.15) is 41.5 Å². The van der Waals surface area contributed by atoms with E-state index >= 15 is 0 Å². The van der Waals surface area contributed by atoms with Crippen LogP contribution in [0.15, 0.2) is 42.5 Å². The van der Waals surface area contributed by atoms with Crippen LogP contribution in [-0.4, -0.2) is 29.5 Å². The van der Waals surface area contributed by atoms with Gasteiger partial charge in [-0.05, 0) is 49.8 Å². The summed E-state index contributed by atoms with van der Waals surface area (Å²) in [7, 11) is 0. The fraction of sp³-hybridized carbons (Fsp3) is 0.174. The summed E-state index contributed by atoms with van der Waals surface area (Å²) in [6.07, 6.45) is 2.79. The molecule has 33 heavy (non-hydrogen) atoms. The molecule has 172 valence electrons. The number of halogens is 2. The van der Waals surface area contributed by atoms with Gasteiger partial charge in [-0.1, -0.05) is 35.3 Å². The maximum Gasteiger partial charge on any atom is 0.355 e. The quantitative estimate of drug-likeness (QED) is 0.274. The van der Waals surface area contributed by atoms with Crippen molar-refractivity contribution in [3.05, 3.63) is 69.3 Å². The average Bonchev–Trinajstić information content (AvgIpc) is 3.11. The molecule has 0 spiro atoms. The van der Waals surface area contributed by atoms with Gasteiger partial charge in [0.25, 0.3) is 0 Å². The number of hydrogen-bond donors (Lipinski definition) is 4. The molecule has 3 aromatic rings. The van der Waals surface area contributed by atoms with E-state index in [0.717, 1.165) is 5.56 Å². The largest absolute Gasteiger partial charge is 0.461 e. The van der Waals surface area contributed by atoms with E-state index in [0.29, 0.717) is 32.2 Å². The number of amides is 3. The molecule has 0 radical (unpaired) electrons. The first-order chi connectivity index (χ1) is 15.7. The van der Waals surface area contributed by atoms with Gasteiger partial charge in [0.05, 0.1) is 17.7 Å². The SMILES string of the molecule is CCOC(=O)c1[nH]c2cc(Cl)cc(Cl)c2c1/C=C/C(=O)Nc1ccc([C@@H](C)NC(N)=O)cc1. The van der Waals surface area contributed by atoms with E-state index in [1.54, 1.807) is 50.2 Å². The van der Waals surface area contributed by atoms with Crippen LogP contribution in [0.4, 0.5) is 10.5 Å². The van der Waals surface area contributed by atoms with Gasteiger partial charge in [0, 0.05) is 33.3 Å². The Bertz CT molecular complexity index is 1240. The second kappa shape index (κ2) is 10.4. The molecule has 1 heterocycles. The lowest BCUT2D eigenvalue weighted by Gasteiger charge is -2.13. The highest BCUT2D eigenvalue weighted by Gasteiger charge is 2.20. The van der Waals surface area contributed by atoms with Crippen LogP contribution in [-0.2, 0) is 9.53 Å². The molecule has 5 N–H and O–H groups in total. The number of carbonyl (C=O) groups excluding carboxylic acids is 3. The molecule has 10 heteroatoms. The van der Waals surface area contributed by atoms with Gasteiger partial charge in [-0.25, -0.2) is 9.59 Å². The van der Waals surface area contributed by atoms with Crippen LogP contribution in [0.5, 0.6) is 0 Å². The number of aromatic nitrogens is 1. The van der Waals surface area contributed by atoms with Crippen molar-refractivity contribution < 1.29 is 19.1 Å². The number of rotatable bonds is 7. The highest BCUT2D eigenvalue weighted by Crippen LogP contribution is 2.33. The number of hydrogen-bond acceptors (Lipinski definition) is 4. The second-order valence-electron chi connectivity index (χ2n) is 7.12. The summed E-state index contributed by atoms with van der Waals surface area (Å²) in [6, 6.07) is 9.24. The normalized spacial score (nSPS) is 12.0. The van der Waals surface area contributed by atoms with Crippen molar-refractivity contribution in [2.24, 2.45) is 5.73 Å². The molecule has 0 aliphatic carbocycles. The first-order valence-electron chi connectivity index (χ1n) is 10.0. The molecule has 3 rings (SSSR count). The van der Waals surface area contributed by atoms with Crippen molar-refractivity contribution in [1.29, 1.82) is 0 Å². The van der Waals surface area contributed by atoms with Gasteiger partial charge in [0.2, 0.25) is 5.91 Å². The van der Waals surface area contributed by atoms with Gasteiger partial charge in [0.1, 0.15) is 5.69 Å². The summed E-state index contributed by atoms with van der Waals surface area (Å²) >= 11 is 12.4. The van der Waals surface area contributed by atoms with E-state index in [9.17, 15) is 14.4 Å². The Morgan fingerprint density at radius 3 is 2.52 bits per heavy atom. The number of esters is 1. The molecule has 0 fully saturated rings. The molecular formula is C23H22Cl2N4O4. The lowest BCUT2D eigenvalue weighted by Crippen LogP contribution is -2.31. The third kappa shape index (κ3) is 5.85. The number of urea groups is 1. The van der Waals surface area contributed by atoms with E-state index in [1.807, 2.05) is 0 Å². The van der Waals surface area contributed by atoms with Gasteiger partial charge < -0.3 is 26.1 Å². The van der Waals surface area contributed by atoms with Crippen molar-refractivity contribution in [2.75, 3.05) is 11.9 Å². The van der Waals surface area contributed by atoms with Crippen LogP contribution in [0, 0.1) is 0 Å². The highest BCUT2D eigenvalue weighted by molar-refractivity contribution is 6.39. The molecule has 1 atom stereocenters. The number of carbonyl (C=O) groups is 3. The highest BCUT2D eigenvalue weighted by atomic mass is 35.5. The van der Waals surface area contributed by atoms with Crippen molar-refractivity contribution >= 4 is 63.8 Å². The van der Waals surface area contributed by atoms with Crippen molar-refractivity contribution in [3.8, 4) is 0 Å². The third-order valence-electron chi connectivity index (χ3n) is 4.77. The summed E-state index contributed by atoms with van der Waals surface area (Å²) < 4.78 is 5.11. The first kappa shape index (κ1) is 24.2. The Balaban J connectivity index is 1.83. The van der Waals surface area contributed by atoms with Gasteiger partial charge in [-0.15, -0.1) is 0 Å². The Labute approximate surface area is 200 Å².